The lowest BCUT2D eigenvalue weighted by atomic mass is 10.3. The topological polar surface area (TPSA) is 24.9 Å². The van der Waals surface area contributed by atoms with Crippen molar-refractivity contribution in [3.63, 3.8) is 0 Å². The molecule has 1 heterocycles. The Kier molecular flexibility index (Phi) is 2.39. The Morgan fingerprint density at radius 1 is 1.54 bits per heavy atom. The number of rotatable bonds is 3. The largest absolute Gasteiger partial charge is 0.306 e. The van der Waals surface area contributed by atoms with Crippen molar-refractivity contribution in [1.29, 1.82) is 0 Å². The molecule has 0 spiro atoms. The van der Waals surface area contributed by atoms with Crippen LogP contribution in [-0.4, -0.2) is 10.5 Å². The summed E-state index contributed by atoms with van der Waals surface area (Å²) in [5.74, 6) is 0. The zero-order valence-electron chi connectivity index (χ0n) is 7.68. The van der Waals surface area contributed by atoms with Crippen LogP contribution in [-0.2, 0) is 6.54 Å². The van der Waals surface area contributed by atoms with Gasteiger partial charge in [0.15, 0.2) is 0 Å². The Hall–Kier alpha value is -0.410. The van der Waals surface area contributed by atoms with E-state index in [0.29, 0.717) is 5.54 Å². The average molecular weight is 241 g/mol. The number of halogens is 1. The van der Waals surface area contributed by atoms with Gasteiger partial charge in [-0.2, -0.15) is 0 Å². The summed E-state index contributed by atoms with van der Waals surface area (Å²) >= 11 is 3.37. The van der Waals surface area contributed by atoms with E-state index >= 15 is 0 Å². The highest BCUT2D eigenvalue weighted by molar-refractivity contribution is 9.10. The third-order valence-corrected chi connectivity index (χ3v) is 2.95. The van der Waals surface area contributed by atoms with Gasteiger partial charge >= 0.3 is 0 Å². The molecule has 0 radical (unpaired) electrons. The molecule has 0 aromatic carbocycles. The fourth-order valence-electron chi connectivity index (χ4n) is 1.18. The molecule has 1 saturated carbocycles. The molecule has 1 aromatic rings. The third-order valence-electron chi connectivity index (χ3n) is 2.48. The summed E-state index contributed by atoms with van der Waals surface area (Å²) < 4.78 is 1.04. The van der Waals surface area contributed by atoms with E-state index in [-0.39, 0.29) is 0 Å². The van der Waals surface area contributed by atoms with Gasteiger partial charge in [0.1, 0.15) is 0 Å². The maximum atomic E-state index is 4.30. The van der Waals surface area contributed by atoms with Crippen molar-refractivity contribution in [2.75, 3.05) is 0 Å². The number of nitrogens with zero attached hydrogens (tertiary/aromatic N) is 1. The Labute approximate surface area is 86.9 Å². The molecule has 1 aliphatic carbocycles. The molecule has 0 aliphatic heterocycles. The molecule has 13 heavy (non-hydrogen) atoms. The molecular weight excluding hydrogens is 228 g/mol. The predicted molar refractivity (Wildman–Crippen MR) is 56.4 cm³/mol. The van der Waals surface area contributed by atoms with E-state index in [4.69, 9.17) is 0 Å². The van der Waals surface area contributed by atoms with Crippen LogP contribution in [0.2, 0.25) is 0 Å². The van der Waals surface area contributed by atoms with E-state index in [9.17, 15) is 0 Å². The summed E-state index contributed by atoms with van der Waals surface area (Å²) in [6.45, 7) is 3.13. The molecule has 2 rings (SSSR count). The molecule has 2 nitrogen and oxygen atoms in total. The first-order valence-corrected chi connectivity index (χ1v) is 5.33. The maximum Gasteiger partial charge on any atom is 0.0542 e. The SMILES string of the molecule is CC1(NCc2ccc(Br)cn2)CC1. The summed E-state index contributed by atoms with van der Waals surface area (Å²) in [6, 6.07) is 4.07. The molecule has 1 aliphatic rings. The molecule has 70 valence electrons. The van der Waals surface area contributed by atoms with Crippen LogP contribution in [0.3, 0.4) is 0 Å². The van der Waals surface area contributed by atoms with Crippen molar-refractivity contribution in [3.8, 4) is 0 Å². The number of aromatic nitrogens is 1. The maximum absolute atomic E-state index is 4.30. The van der Waals surface area contributed by atoms with Crippen molar-refractivity contribution >= 4 is 15.9 Å². The minimum Gasteiger partial charge on any atom is -0.306 e. The van der Waals surface area contributed by atoms with Gasteiger partial charge in [0.25, 0.3) is 0 Å². The number of nitrogens with one attached hydrogen (secondary N) is 1. The van der Waals surface area contributed by atoms with Crippen LogP contribution in [0.25, 0.3) is 0 Å². The molecule has 0 bridgehead atoms. The molecule has 1 aromatic heterocycles. The molecular formula is C10H13BrN2. The molecule has 0 unspecified atom stereocenters. The highest BCUT2D eigenvalue weighted by Gasteiger charge is 2.36. The van der Waals surface area contributed by atoms with Gasteiger partial charge in [0, 0.05) is 22.8 Å². The minimum atomic E-state index is 0.398. The lowest BCUT2D eigenvalue weighted by Gasteiger charge is -2.10. The number of hydrogen-bond donors (Lipinski definition) is 1. The van der Waals surface area contributed by atoms with Crippen LogP contribution in [0.1, 0.15) is 25.5 Å². The zero-order valence-corrected chi connectivity index (χ0v) is 9.26. The van der Waals surface area contributed by atoms with E-state index in [0.717, 1.165) is 16.7 Å². The van der Waals surface area contributed by atoms with Crippen molar-refractivity contribution in [2.24, 2.45) is 0 Å². The second kappa shape index (κ2) is 3.39. The molecule has 1 N–H and O–H groups in total. The Balaban J connectivity index is 1.91. The first-order chi connectivity index (χ1) is 6.18. The van der Waals surface area contributed by atoms with Crippen molar-refractivity contribution in [2.45, 2.75) is 31.8 Å². The van der Waals surface area contributed by atoms with Gasteiger partial charge < -0.3 is 5.32 Å². The van der Waals surface area contributed by atoms with E-state index < -0.39 is 0 Å². The van der Waals surface area contributed by atoms with Crippen LogP contribution in [0.5, 0.6) is 0 Å². The van der Waals surface area contributed by atoms with Gasteiger partial charge in [-0.1, -0.05) is 0 Å². The van der Waals surface area contributed by atoms with E-state index in [2.05, 4.69) is 33.2 Å². The fourth-order valence-corrected chi connectivity index (χ4v) is 1.41. The second-order valence-electron chi connectivity index (χ2n) is 3.88. The minimum absolute atomic E-state index is 0.398. The van der Waals surface area contributed by atoms with Crippen LogP contribution >= 0.6 is 15.9 Å². The third kappa shape index (κ3) is 2.51. The summed E-state index contributed by atoms with van der Waals surface area (Å²) in [4.78, 5) is 4.30. The lowest BCUT2D eigenvalue weighted by molar-refractivity contribution is 0.532. The molecule has 0 amide bonds. The standard InChI is InChI=1S/C10H13BrN2/c1-10(4-5-10)13-7-9-3-2-8(11)6-12-9/h2-3,6,13H,4-5,7H2,1H3. The highest BCUT2D eigenvalue weighted by atomic mass is 79.9. The molecule has 0 atom stereocenters. The molecule has 3 heteroatoms. The quantitative estimate of drug-likeness (QED) is 0.879. The smallest absolute Gasteiger partial charge is 0.0542 e. The summed E-state index contributed by atoms with van der Waals surface area (Å²) in [6.07, 6.45) is 4.43. The van der Waals surface area contributed by atoms with Crippen molar-refractivity contribution in [1.82, 2.24) is 10.3 Å². The predicted octanol–water partition coefficient (Wildman–Crippen LogP) is 2.49. The van der Waals surface area contributed by atoms with E-state index in [1.54, 1.807) is 0 Å². The summed E-state index contributed by atoms with van der Waals surface area (Å²) in [7, 11) is 0. The van der Waals surface area contributed by atoms with Crippen LogP contribution < -0.4 is 5.32 Å². The van der Waals surface area contributed by atoms with E-state index in [1.807, 2.05) is 18.3 Å². The van der Waals surface area contributed by atoms with Crippen LogP contribution in [0.4, 0.5) is 0 Å². The fraction of sp³-hybridized carbons (Fsp3) is 0.500. The van der Waals surface area contributed by atoms with Crippen molar-refractivity contribution < 1.29 is 0 Å². The molecule has 1 fully saturated rings. The first-order valence-electron chi connectivity index (χ1n) is 4.53. The Morgan fingerprint density at radius 3 is 2.85 bits per heavy atom. The zero-order chi connectivity index (χ0) is 9.31. The second-order valence-corrected chi connectivity index (χ2v) is 4.80. The van der Waals surface area contributed by atoms with Gasteiger partial charge in [-0.05, 0) is 47.8 Å². The van der Waals surface area contributed by atoms with Crippen LogP contribution in [0.15, 0.2) is 22.8 Å². The monoisotopic (exact) mass is 240 g/mol. The number of pyridine rings is 1. The van der Waals surface area contributed by atoms with Gasteiger partial charge in [-0.25, -0.2) is 0 Å². The van der Waals surface area contributed by atoms with Gasteiger partial charge in [-0.15, -0.1) is 0 Å². The van der Waals surface area contributed by atoms with E-state index in [1.165, 1.54) is 12.8 Å². The Bertz CT molecular complexity index is 290. The Morgan fingerprint density at radius 2 is 2.31 bits per heavy atom. The highest BCUT2D eigenvalue weighted by Crippen LogP contribution is 2.34. The number of hydrogen-bond acceptors (Lipinski definition) is 2. The normalized spacial score (nSPS) is 18.6. The van der Waals surface area contributed by atoms with Gasteiger partial charge in [0.05, 0.1) is 5.69 Å². The van der Waals surface area contributed by atoms with Gasteiger partial charge in [-0.3, -0.25) is 4.98 Å². The van der Waals surface area contributed by atoms with Crippen LogP contribution in [0, 0.1) is 0 Å². The summed E-state index contributed by atoms with van der Waals surface area (Å²) in [5.41, 5.74) is 1.51. The lowest BCUT2D eigenvalue weighted by Crippen LogP contribution is -2.27. The average Bonchev–Trinajstić information content (AvgIpc) is 2.84. The molecule has 0 saturated heterocycles. The van der Waals surface area contributed by atoms with Crippen molar-refractivity contribution in [3.05, 3.63) is 28.5 Å². The van der Waals surface area contributed by atoms with Gasteiger partial charge in [0.2, 0.25) is 0 Å². The summed E-state index contributed by atoms with van der Waals surface area (Å²) in [5, 5.41) is 3.49. The first kappa shape index (κ1) is 9.16.